The van der Waals surface area contributed by atoms with Gasteiger partial charge in [-0.3, -0.25) is 4.99 Å². The molecule has 2 N–H and O–H groups in total. The fraction of sp³-hybridized carbons (Fsp3) is 0.679. The number of aromatic hydroxyl groups is 2. The first-order chi connectivity index (χ1) is 15.1. The number of nitrogens with zero attached hydrogens (tertiary/aromatic N) is 1. The molecule has 31 heavy (non-hydrogen) atoms. The van der Waals surface area contributed by atoms with Gasteiger partial charge in [0, 0.05) is 12.3 Å². The van der Waals surface area contributed by atoms with Crippen LogP contribution in [-0.4, -0.2) is 22.5 Å². The molecule has 1 aromatic carbocycles. The smallest absolute Gasteiger partial charge is 0.157 e. The Kier molecular flexibility index (Phi) is 16.7. The zero-order chi connectivity index (χ0) is 22.6. The maximum absolute atomic E-state index is 9.52. The number of benzene rings is 1. The summed E-state index contributed by atoms with van der Waals surface area (Å²) in [5.74, 6) is -0.184. The lowest BCUT2D eigenvalue weighted by Crippen LogP contribution is -1.90. The van der Waals surface area contributed by atoms with Crippen LogP contribution in [0.3, 0.4) is 0 Å². The lowest BCUT2D eigenvalue weighted by Gasteiger charge is -2.03. The highest BCUT2D eigenvalue weighted by Crippen LogP contribution is 2.25. The van der Waals surface area contributed by atoms with Crippen molar-refractivity contribution in [2.75, 3.05) is 6.54 Å². The van der Waals surface area contributed by atoms with Crippen molar-refractivity contribution in [2.24, 2.45) is 4.99 Å². The summed E-state index contributed by atoms with van der Waals surface area (Å²) in [7, 11) is 0. The van der Waals surface area contributed by atoms with Crippen molar-refractivity contribution in [3.05, 3.63) is 29.8 Å². The van der Waals surface area contributed by atoms with Crippen LogP contribution in [0, 0.1) is 0 Å². The molecule has 1 rings (SSSR count). The number of hydrogen-bond acceptors (Lipinski definition) is 3. The Hall–Kier alpha value is -1.77. The van der Waals surface area contributed by atoms with E-state index in [-0.39, 0.29) is 11.5 Å². The predicted octanol–water partition coefficient (Wildman–Crippen LogP) is 8.83. The summed E-state index contributed by atoms with van der Waals surface area (Å²) in [6.07, 6.45) is 26.1. The van der Waals surface area contributed by atoms with Gasteiger partial charge in [-0.05, 0) is 37.1 Å². The van der Waals surface area contributed by atoms with E-state index in [9.17, 15) is 10.2 Å². The number of hydrogen-bond donors (Lipinski definition) is 2. The zero-order valence-corrected chi connectivity index (χ0v) is 20.2. The molecule has 0 aliphatic carbocycles. The minimum absolute atomic E-state index is 0.0916. The number of allylic oxidation sites excluding steroid dienone is 1. The van der Waals surface area contributed by atoms with E-state index in [0.717, 1.165) is 24.2 Å². The summed E-state index contributed by atoms with van der Waals surface area (Å²) in [6, 6.07) is 4.82. The van der Waals surface area contributed by atoms with Crippen LogP contribution < -0.4 is 0 Å². The van der Waals surface area contributed by atoms with Crippen molar-refractivity contribution in [3.63, 3.8) is 0 Å². The first kappa shape index (κ1) is 27.3. The van der Waals surface area contributed by atoms with Gasteiger partial charge in [-0.15, -0.1) is 0 Å². The van der Waals surface area contributed by atoms with Crippen LogP contribution >= 0.6 is 0 Å². The number of phenolic OH excluding ortho intramolecular Hbond substituents is 2. The predicted molar refractivity (Wildman–Crippen MR) is 136 cm³/mol. The molecular formula is C28H47NO2. The monoisotopic (exact) mass is 429 g/mol. The van der Waals surface area contributed by atoms with Crippen LogP contribution in [0.25, 0.3) is 6.08 Å². The van der Waals surface area contributed by atoms with Gasteiger partial charge < -0.3 is 10.2 Å². The van der Waals surface area contributed by atoms with E-state index in [1.807, 2.05) is 19.1 Å². The second-order valence-electron chi connectivity index (χ2n) is 8.91. The Balaban J connectivity index is 1.90. The Labute approximate surface area is 191 Å². The van der Waals surface area contributed by atoms with Crippen molar-refractivity contribution in [3.8, 4) is 11.5 Å². The SMILES string of the molecule is CCCCCCCCCCCCCCCCCCN=C(C)/C=C/c1ccc(O)c(O)c1. The third kappa shape index (κ3) is 15.6. The molecule has 176 valence electrons. The number of unbranched alkanes of at least 4 members (excludes halogenated alkanes) is 15. The minimum atomic E-state index is -0.0927. The molecule has 0 aromatic heterocycles. The zero-order valence-electron chi connectivity index (χ0n) is 20.2. The summed E-state index contributed by atoms with van der Waals surface area (Å²) in [6.45, 7) is 5.17. The normalized spacial score (nSPS) is 12.1. The highest BCUT2D eigenvalue weighted by molar-refractivity contribution is 5.96. The van der Waals surface area contributed by atoms with E-state index in [1.54, 1.807) is 12.1 Å². The molecule has 0 atom stereocenters. The largest absolute Gasteiger partial charge is 0.504 e. The molecule has 0 spiro atoms. The van der Waals surface area contributed by atoms with Gasteiger partial charge in [-0.1, -0.05) is 115 Å². The highest BCUT2D eigenvalue weighted by atomic mass is 16.3. The summed E-state index contributed by atoms with van der Waals surface area (Å²) >= 11 is 0. The van der Waals surface area contributed by atoms with Crippen molar-refractivity contribution < 1.29 is 10.2 Å². The summed E-state index contributed by atoms with van der Waals surface area (Å²) < 4.78 is 0. The second kappa shape index (κ2) is 19.0. The molecule has 3 nitrogen and oxygen atoms in total. The Morgan fingerprint density at radius 2 is 1.19 bits per heavy atom. The van der Waals surface area contributed by atoms with Gasteiger partial charge in [-0.2, -0.15) is 0 Å². The molecule has 0 bridgehead atoms. The fourth-order valence-corrected chi connectivity index (χ4v) is 3.83. The van der Waals surface area contributed by atoms with Crippen LogP contribution in [0.4, 0.5) is 0 Å². The van der Waals surface area contributed by atoms with Crippen LogP contribution in [0.1, 0.15) is 122 Å². The Morgan fingerprint density at radius 1 is 0.710 bits per heavy atom. The maximum atomic E-state index is 9.52. The Morgan fingerprint density at radius 3 is 1.68 bits per heavy atom. The number of aliphatic imine (C=N–C) groups is 1. The first-order valence-corrected chi connectivity index (χ1v) is 12.8. The summed E-state index contributed by atoms with van der Waals surface area (Å²) in [5, 5.41) is 18.9. The lowest BCUT2D eigenvalue weighted by molar-refractivity contribution is 0.403. The van der Waals surface area contributed by atoms with Gasteiger partial charge in [-0.25, -0.2) is 0 Å². The summed E-state index contributed by atoms with van der Waals surface area (Å²) in [5.41, 5.74) is 1.85. The van der Waals surface area contributed by atoms with Gasteiger partial charge >= 0.3 is 0 Å². The van der Waals surface area contributed by atoms with E-state index in [4.69, 9.17) is 0 Å². The van der Waals surface area contributed by atoms with Crippen LogP contribution in [0.5, 0.6) is 11.5 Å². The third-order valence-corrected chi connectivity index (χ3v) is 5.89. The first-order valence-electron chi connectivity index (χ1n) is 12.8. The van der Waals surface area contributed by atoms with Crippen molar-refractivity contribution in [1.29, 1.82) is 0 Å². The van der Waals surface area contributed by atoms with Gasteiger partial charge in [0.2, 0.25) is 0 Å². The molecule has 1 aromatic rings. The van der Waals surface area contributed by atoms with Gasteiger partial charge in [0.25, 0.3) is 0 Å². The fourth-order valence-electron chi connectivity index (χ4n) is 3.83. The van der Waals surface area contributed by atoms with Crippen LogP contribution in [0.2, 0.25) is 0 Å². The molecule has 0 aliphatic rings. The average molecular weight is 430 g/mol. The van der Waals surface area contributed by atoms with E-state index >= 15 is 0 Å². The van der Waals surface area contributed by atoms with Crippen LogP contribution in [0.15, 0.2) is 29.3 Å². The average Bonchev–Trinajstić information content (AvgIpc) is 2.76. The minimum Gasteiger partial charge on any atom is -0.504 e. The topological polar surface area (TPSA) is 52.8 Å². The standard InChI is InChI=1S/C28H47NO2/c1-3-4-5-6-7-8-9-10-11-12-13-14-15-16-17-18-23-29-25(2)19-20-26-21-22-27(30)28(31)24-26/h19-22,24,30-31H,3-18,23H2,1-2H3/b20-19+,29-25?. The van der Waals surface area contributed by atoms with Gasteiger partial charge in [0.15, 0.2) is 11.5 Å². The number of rotatable bonds is 19. The molecule has 0 saturated carbocycles. The Bertz CT molecular complexity index is 621. The molecule has 0 aliphatic heterocycles. The molecule has 0 radical (unpaired) electrons. The summed E-state index contributed by atoms with van der Waals surface area (Å²) in [4.78, 5) is 4.60. The molecule has 0 fully saturated rings. The van der Waals surface area contributed by atoms with Crippen molar-refractivity contribution in [2.45, 2.75) is 117 Å². The molecule has 0 unspecified atom stereocenters. The van der Waals surface area contributed by atoms with Crippen LogP contribution in [-0.2, 0) is 0 Å². The molecule has 0 amide bonds. The van der Waals surface area contributed by atoms with E-state index in [0.29, 0.717) is 0 Å². The quantitative estimate of drug-likeness (QED) is 0.131. The van der Waals surface area contributed by atoms with E-state index < -0.39 is 0 Å². The molecule has 0 heterocycles. The van der Waals surface area contributed by atoms with Crippen molar-refractivity contribution >= 4 is 11.8 Å². The molecule has 0 saturated heterocycles. The third-order valence-electron chi connectivity index (χ3n) is 5.89. The van der Waals surface area contributed by atoms with Crippen molar-refractivity contribution in [1.82, 2.24) is 0 Å². The number of phenols is 2. The molecular weight excluding hydrogens is 382 g/mol. The van der Waals surface area contributed by atoms with Gasteiger partial charge in [0.1, 0.15) is 0 Å². The van der Waals surface area contributed by atoms with Gasteiger partial charge in [0.05, 0.1) is 0 Å². The lowest BCUT2D eigenvalue weighted by atomic mass is 10.0. The highest BCUT2D eigenvalue weighted by Gasteiger charge is 1.98. The van der Waals surface area contributed by atoms with E-state index in [1.165, 1.54) is 102 Å². The maximum Gasteiger partial charge on any atom is 0.157 e. The molecule has 3 heteroatoms. The second-order valence-corrected chi connectivity index (χ2v) is 8.91. The van der Waals surface area contributed by atoms with E-state index in [2.05, 4.69) is 11.9 Å².